The Hall–Kier alpha value is -2.57. The minimum Gasteiger partial charge on any atom is -0.495 e. The van der Waals surface area contributed by atoms with Gasteiger partial charge in [-0.05, 0) is 18.6 Å². The monoisotopic (exact) mass is 361 g/mol. The van der Waals surface area contributed by atoms with E-state index in [4.69, 9.17) is 4.74 Å². The second-order valence-electron chi connectivity index (χ2n) is 6.25. The number of amides is 2. The van der Waals surface area contributed by atoms with Crippen molar-refractivity contribution in [3.63, 3.8) is 0 Å². The van der Waals surface area contributed by atoms with Crippen LogP contribution in [0, 0.1) is 0 Å². The zero-order valence-corrected chi connectivity index (χ0v) is 15.5. The molecule has 0 unspecified atom stereocenters. The molecule has 0 atom stereocenters. The van der Waals surface area contributed by atoms with Crippen LogP contribution in [0.1, 0.15) is 26.2 Å². The fourth-order valence-corrected chi connectivity index (χ4v) is 2.90. The number of nitrogens with zero attached hydrogens (tertiary/aromatic N) is 2. The SMILES string of the molecule is CCCCC(=O)C(=O)NCC(=O)N1CCN(c2ccccc2OC)CC1. The lowest BCUT2D eigenvalue weighted by atomic mass is 10.2. The summed E-state index contributed by atoms with van der Waals surface area (Å²) in [6.07, 6.45) is 1.77. The van der Waals surface area contributed by atoms with Crippen LogP contribution in [0.5, 0.6) is 5.75 Å². The summed E-state index contributed by atoms with van der Waals surface area (Å²) in [7, 11) is 1.64. The number of carbonyl (C=O) groups is 3. The summed E-state index contributed by atoms with van der Waals surface area (Å²) in [5, 5.41) is 2.44. The van der Waals surface area contributed by atoms with Crippen LogP contribution in [-0.2, 0) is 14.4 Å². The van der Waals surface area contributed by atoms with E-state index in [1.54, 1.807) is 12.0 Å². The molecular formula is C19H27N3O4. The predicted molar refractivity (Wildman–Crippen MR) is 99.3 cm³/mol. The van der Waals surface area contributed by atoms with Crippen molar-refractivity contribution in [3.05, 3.63) is 24.3 Å². The molecule has 1 heterocycles. The topological polar surface area (TPSA) is 79.0 Å². The third kappa shape index (κ3) is 5.21. The van der Waals surface area contributed by atoms with Crippen molar-refractivity contribution < 1.29 is 19.1 Å². The molecule has 7 nitrogen and oxygen atoms in total. The van der Waals surface area contributed by atoms with E-state index in [-0.39, 0.29) is 18.9 Å². The van der Waals surface area contributed by atoms with E-state index >= 15 is 0 Å². The number of rotatable bonds is 8. The molecule has 1 N–H and O–H groups in total. The number of para-hydroxylation sites is 2. The van der Waals surface area contributed by atoms with Gasteiger partial charge in [0.25, 0.3) is 5.91 Å². The summed E-state index contributed by atoms with van der Waals surface area (Å²) in [5.74, 6) is -0.480. The van der Waals surface area contributed by atoms with Gasteiger partial charge in [0.1, 0.15) is 5.75 Å². The fraction of sp³-hybridized carbons (Fsp3) is 0.526. The number of ketones is 1. The number of anilines is 1. The third-order valence-corrected chi connectivity index (χ3v) is 4.47. The van der Waals surface area contributed by atoms with E-state index < -0.39 is 11.7 Å². The number of carbonyl (C=O) groups excluding carboxylic acids is 3. The Morgan fingerprint density at radius 2 is 1.81 bits per heavy atom. The summed E-state index contributed by atoms with van der Waals surface area (Å²) < 4.78 is 5.39. The zero-order chi connectivity index (χ0) is 18.9. The zero-order valence-electron chi connectivity index (χ0n) is 15.5. The Morgan fingerprint density at radius 1 is 1.12 bits per heavy atom. The lowest BCUT2D eigenvalue weighted by molar-refractivity contribution is -0.139. The summed E-state index contributed by atoms with van der Waals surface area (Å²) in [6.45, 7) is 4.34. The van der Waals surface area contributed by atoms with Gasteiger partial charge in [-0.15, -0.1) is 0 Å². The van der Waals surface area contributed by atoms with Gasteiger partial charge < -0.3 is 19.9 Å². The molecule has 1 saturated heterocycles. The average molecular weight is 361 g/mol. The van der Waals surface area contributed by atoms with Crippen LogP contribution in [0.3, 0.4) is 0 Å². The molecule has 142 valence electrons. The first-order valence-electron chi connectivity index (χ1n) is 9.03. The summed E-state index contributed by atoms with van der Waals surface area (Å²) >= 11 is 0. The lowest BCUT2D eigenvalue weighted by Gasteiger charge is -2.36. The first kappa shape index (κ1) is 19.8. The molecule has 1 fully saturated rings. The average Bonchev–Trinajstić information content (AvgIpc) is 2.69. The Balaban J connectivity index is 1.79. The minimum absolute atomic E-state index is 0.134. The molecule has 1 aliphatic rings. The van der Waals surface area contributed by atoms with Crippen LogP contribution in [0.4, 0.5) is 5.69 Å². The Kier molecular flexibility index (Phi) is 7.44. The van der Waals surface area contributed by atoms with E-state index in [2.05, 4.69) is 10.2 Å². The number of nitrogens with one attached hydrogen (secondary N) is 1. The second-order valence-corrected chi connectivity index (χ2v) is 6.25. The Bertz CT molecular complexity index is 639. The molecule has 1 aromatic carbocycles. The van der Waals surface area contributed by atoms with Crippen LogP contribution in [0.15, 0.2) is 24.3 Å². The highest BCUT2D eigenvalue weighted by Crippen LogP contribution is 2.28. The van der Waals surface area contributed by atoms with Crippen LogP contribution in [-0.4, -0.2) is 62.3 Å². The largest absolute Gasteiger partial charge is 0.495 e. The Labute approximate surface area is 154 Å². The lowest BCUT2D eigenvalue weighted by Crippen LogP contribution is -2.51. The van der Waals surface area contributed by atoms with Gasteiger partial charge >= 0.3 is 0 Å². The minimum atomic E-state index is -0.667. The molecular weight excluding hydrogens is 334 g/mol. The summed E-state index contributed by atoms with van der Waals surface area (Å²) in [6, 6.07) is 7.80. The molecule has 2 rings (SSSR count). The van der Waals surface area contributed by atoms with Gasteiger partial charge in [-0.2, -0.15) is 0 Å². The highest BCUT2D eigenvalue weighted by molar-refractivity contribution is 6.36. The number of Topliss-reactive ketones (excluding diaryl/α,β-unsaturated/α-hetero) is 1. The molecule has 26 heavy (non-hydrogen) atoms. The van der Waals surface area contributed by atoms with Crippen molar-refractivity contribution in [2.24, 2.45) is 0 Å². The normalized spacial score (nSPS) is 14.1. The van der Waals surface area contributed by atoms with E-state index in [9.17, 15) is 14.4 Å². The third-order valence-electron chi connectivity index (χ3n) is 4.47. The predicted octanol–water partition coefficient (Wildman–Crippen LogP) is 1.22. The molecule has 7 heteroatoms. The van der Waals surface area contributed by atoms with Gasteiger partial charge in [-0.25, -0.2) is 0 Å². The van der Waals surface area contributed by atoms with Crippen molar-refractivity contribution in [2.75, 3.05) is 44.7 Å². The van der Waals surface area contributed by atoms with Gasteiger partial charge in [0.15, 0.2) is 0 Å². The van der Waals surface area contributed by atoms with E-state index in [1.807, 2.05) is 31.2 Å². The molecule has 0 bridgehead atoms. The van der Waals surface area contributed by atoms with E-state index in [1.165, 1.54) is 0 Å². The highest BCUT2D eigenvalue weighted by Gasteiger charge is 2.23. The number of piperazine rings is 1. The number of unbranched alkanes of at least 4 members (excludes halogenated alkanes) is 1. The number of benzene rings is 1. The Morgan fingerprint density at radius 3 is 2.46 bits per heavy atom. The molecule has 1 aliphatic heterocycles. The van der Waals surface area contributed by atoms with Crippen molar-refractivity contribution >= 4 is 23.3 Å². The van der Waals surface area contributed by atoms with Crippen LogP contribution >= 0.6 is 0 Å². The van der Waals surface area contributed by atoms with Gasteiger partial charge in [-0.1, -0.05) is 25.5 Å². The highest BCUT2D eigenvalue weighted by atomic mass is 16.5. The van der Waals surface area contributed by atoms with Gasteiger partial charge in [-0.3, -0.25) is 14.4 Å². The number of ether oxygens (including phenoxy) is 1. The van der Waals surface area contributed by atoms with Gasteiger partial charge in [0, 0.05) is 32.6 Å². The number of methoxy groups -OCH3 is 1. The maximum atomic E-state index is 12.3. The van der Waals surface area contributed by atoms with E-state index in [0.29, 0.717) is 32.6 Å². The summed E-state index contributed by atoms with van der Waals surface area (Å²) in [4.78, 5) is 39.4. The second kappa shape index (κ2) is 9.79. The molecule has 0 radical (unpaired) electrons. The van der Waals surface area contributed by atoms with Crippen molar-refractivity contribution in [3.8, 4) is 5.75 Å². The summed E-state index contributed by atoms with van der Waals surface area (Å²) in [5.41, 5.74) is 1.01. The first-order valence-corrected chi connectivity index (χ1v) is 9.03. The molecule has 0 saturated carbocycles. The molecule has 0 spiro atoms. The van der Waals surface area contributed by atoms with Crippen LogP contribution in [0.2, 0.25) is 0 Å². The van der Waals surface area contributed by atoms with Crippen molar-refractivity contribution in [1.29, 1.82) is 0 Å². The molecule has 0 aliphatic carbocycles. The van der Waals surface area contributed by atoms with E-state index in [0.717, 1.165) is 17.9 Å². The first-order chi connectivity index (χ1) is 12.6. The van der Waals surface area contributed by atoms with Crippen molar-refractivity contribution in [2.45, 2.75) is 26.2 Å². The molecule has 0 aromatic heterocycles. The van der Waals surface area contributed by atoms with Crippen LogP contribution in [0.25, 0.3) is 0 Å². The number of hydrogen-bond donors (Lipinski definition) is 1. The van der Waals surface area contributed by atoms with Crippen LogP contribution < -0.4 is 15.0 Å². The quantitative estimate of drug-likeness (QED) is 0.705. The molecule has 2 amide bonds. The van der Waals surface area contributed by atoms with Crippen molar-refractivity contribution in [1.82, 2.24) is 10.2 Å². The number of hydrogen-bond acceptors (Lipinski definition) is 5. The maximum Gasteiger partial charge on any atom is 0.287 e. The fourth-order valence-electron chi connectivity index (χ4n) is 2.90. The maximum absolute atomic E-state index is 12.3. The van der Waals surface area contributed by atoms with Gasteiger partial charge in [0.2, 0.25) is 11.7 Å². The molecule has 1 aromatic rings. The standard InChI is InChI=1S/C19H27N3O4/c1-3-4-8-16(23)19(25)20-14-18(24)22-12-10-21(11-13-22)15-7-5-6-9-17(15)26-2/h5-7,9H,3-4,8,10-14H2,1-2H3,(H,20,25). The smallest absolute Gasteiger partial charge is 0.287 e. The van der Waals surface area contributed by atoms with Gasteiger partial charge in [0.05, 0.1) is 19.3 Å².